The van der Waals surface area contributed by atoms with E-state index in [1.165, 1.54) is 64.7 Å². The van der Waals surface area contributed by atoms with Crippen LogP contribution in [0.3, 0.4) is 0 Å². The number of unbranched alkanes of at least 4 members (excludes halogenated alkanes) is 12. The summed E-state index contributed by atoms with van der Waals surface area (Å²) < 4.78 is 27.7. The van der Waals surface area contributed by atoms with Crippen molar-refractivity contribution in [1.29, 1.82) is 0 Å². The molecule has 0 saturated heterocycles. The smallest absolute Gasteiger partial charge is 0.347 e. The molecule has 8 heteroatoms. The number of ether oxygens (including phenoxy) is 5. The van der Waals surface area contributed by atoms with Crippen LogP contribution < -0.4 is 14.2 Å². The van der Waals surface area contributed by atoms with Crippen LogP contribution >= 0.6 is 0 Å². The van der Waals surface area contributed by atoms with E-state index in [4.69, 9.17) is 23.7 Å². The molecule has 0 spiro atoms. The third-order valence-corrected chi connectivity index (χ3v) is 8.62. The Balaban J connectivity index is 1.36. The summed E-state index contributed by atoms with van der Waals surface area (Å²) in [5.74, 6) is 0.0150. The van der Waals surface area contributed by atoms with Crippen LogP contribution in [0, 0.1) is 0 Å². The van der Waals surface area contributed by atoms with E-state index in [-0.39, 0.29) is 0 Å². The van der Waals surface area contributed by atoms with Crippen LogP contribution in [-0.4, -0.2) is 43.3 Å². The van der Waals surface area contributed by atoms with Crippen molar-refractivity contribution in [1.82, 2.24) is 0 Å². The molecule has 3 aromatic rings. The maximum absolute atomic E-state index is 12.7. The van der Waals surface area contributed by atoms with E-state index in [0.29, 0.717) is 30.3 Å². The van der Waals surface area contributed by atoms with Crippen LogP contribution in [0.1, 0.15) is 128 Å². The normalized spacial score (nSPS) is 12.1. The second-order valence-corrected chi connectivity index (χ2v) is 13.1. The molecule has 0 aliphatic carbocycles. The van der Waals surface area contributed by atoms with Crippen LogP contribution in [0.4, 0.5) is 0 Å². The van der Waals surface area contributed by atoms with Gasteiger partial charge in [-0.25, -0.2) is 14.4 Å². The number of hydrogen-bond donors (Lipinski definition) is 0. The first-order valence-electron chi connectivity index (χ1n) is 19.0. The van der Waals surface area contributed by atoms with Gasteiger partial charge in [-0.3, -0.25) is 0 Å². The Kier molecular flexibility index (Phi) is 19.3. The lowest BCUT2D eigenvalue weighted by Crippen LogP contribution is -2.33. The molecule has 3 rings (SSSR count). The zero-order chi connectivity index (χ0) is 36.7. The number of rotatable bonds is 25. The molecule has 2 unspecified atom stereocenters. The molecule has 0 aliphatic rings. The molecule has 2 atom stereocenters. The molecule has 8 nitrogen and oxygen atoms in total. The number of carbonyl (C=O) groups is 3. The third-order valence-electron chi connectivity index (χ3n) is 8.62. The van der Waals surface area contributed by atoms with E-state index in [2.05, 4.69) is 13.8 Å². The van der Waals surface area contributed by atoms with Crippen LogP contribution in [0.5, 0.6) is 17.2 Å². The Morgan fingerprint density at radius 2 is 0.980 bits per heavy atom. The fourth-order valence-corrected chi connectivity index (χ4v) is 5.46. The maximum atomic E-state index is 12.7. The first-order chi connectivity index (χ1) is 24.8. The van der Waals surface area contributed by atoms with Gasteiger partial charge in [-0.1, -0.05) is 115 Å². The van der Waals surface area contributed by atoms with Gasteiger partial charge in [0.25, 0.3) is 0 Å². The van der Waals surface area contributed by atoms with Gasteiger partial charge in [0.05, 0.1) is 18.8 Å². The van der Waals surface area contributed by atoms with Crippen molar-refractivity contribution in [2.24, 2.45) is 0 Å². The minimum absolute atomic E-state index is 0.317. The van der Waals surface area contributed by atoms with E-state index in [9.17, 15) is 14.4 Å². The summed E-state index contributed by atoms with van der Waals surface area (Å²) in [7, 11) is 0. The Morgan fingerprint density at radius 1 is 0.510 bits per heavy atom. The highest BCUT2D eigenvalue weighted by Gasteiger charge is 2.24. The van der Waals surface area contributed by atoms with E-state index < -0.39 is 30.1 Å². The summed E-state index contributed by atoms with van der Waals surface area (Å²) in [5, 5.41) is 0. The summed E-state index contributed by atoms with van der Waals surface area (Å²) in [5.41, 5.74) is 2.28. The van der Waals surface area contributed by atoms with Gasteiger partial charge in [0.15, 0.2) is 12.2 Å². The Morgan fingerprint density at radius 3 is 1.55 bits per heavy atom. The third kappa shape index (κ3) is 16.0. The maximum Gasteiger partial charge on any atom is 0.347 e. The fourth-order valence-electron chi connectivity index (χ4n) is 5.46. The van der Waals surface area contributed by atoms with Crippen molar-refractivity contribution in [3.63, 3.8) is 0 Å². The SMILES string of the molecule is CCCCCCCCCCCCOc1ccc(C(=O)Oc2ccc(-c3ccc(OC(C)C(=O)OC(C)C(=O)OCCCCCC)cc3)cc2)cc1. The molecule has 278 valence electrons. The quantitative estimate of drug-likeness (QED) is 0.0489. The van der Waals surface area contributed by atoms with Crippen molar-refractivity contribution in [3.8, 4) is 28.4 Å². The average molecular weight is 703 g/mol. The van der Waals surface area contributed by atoms with Gasteiger partial charge < -0.3 is 23.7 Å². The first kappa shape index (κ1) is 41.1. The lowest BCUT2D eigenvalue weighted by molar-refractivity contribution is -0.170. The number of carbonyl (C=O) groups excluding carboxylic acids is 3. The average Bonchev–Trinajstić information content (AvgIpc) is 3.14. The van der Waals surface area contributed by atoms with E-state index >= 15 is 0 Å². The summed E-state index contributed by atoms with van der Waals surface area (Å²) in [6.07, 6.45) is 14.9. The standard InChI is InChI=1S/C43H58O8/c1-5-7-9-11-12-13-14-15-16-18-31-47-38-25-23-37(24-26-38)43(46)51-40-29-21-36(22-30-40)35-19-27-39(28-20-35)49-34(4)42(45)50-33(3)41(44)48-32-17-10-8-6-2/h19-30,33-34H,5-18,31-32H2,1-4H3. The van der Waals surface area contributed by atoms with Crippen LogP contribution in [0.15, 0.2) is 72.8 Å². The molecule has 51 heavy (non-hydrogen) atoms. The highest BCUT2D eigenvalue weighted by atomic mass is 16.6. The predicted molar refractivity (Wildman–Crippen MR) is 201 cm³/mol. The number of benzene rings is 3. The molecule has 0 fully saturated rings. The van der Waals surface area contributed by atoms with Gasteiger partial charge in [-0.05, 0) is 86.3 Å². The highest BCUT2D eigenvalue weighted by molar-refractivity contribution is 5.91. The highest BCUT2D eigenvalue weighted by Crippen LogP contribution is 2.26. The van der Waals surface area contributed by atoms with Crippen LogP contribution in [0.25, 0.3) is 11.1 Å². The van der Waals surface area contributed by atoms with Gasteiger partial charge in [0.1, 0.15) is 17.2 Å². The van der Waals surface area contributed by atoms with Crippen molar-refractivity contribution in [2.45, 2.75) is 130 Å². The molecule has 0 radical (unpaired) electrons. The van der Waals surface area contributed by atoms with E-state index in [0.717, 1.165) is 49.0 Å². The van der Waals surface area contributed by atoms with Crippen molar-refractivity contribution >= 4 is 17.9 Å². The van der Waals surface area contributed by atoms with E-state index in [1.807, 2.05) is 24.3 Å². The minimum atomic E-state index is -1.01. The minimum Gasteiger partial charge on any atom is -0.494 e. The monoisotopic (exact) mass is 702 g/mol. The second kappa shape index (κ2) is 24.0. The summed E-state index contributed by atoms with van der Waals surface area (Å²) in [4.78, 5) is 37.4. The zero-order valence-corrected chi connectivity index (χ0v) is 31.2. The molecule has 0 aliphatic heterocycles. The van der Waals surface area contributed by atoms with Crippen molar-refractivity contribution < 1.29 is 38.1 Å². The largest absolute Gasteiger partial charge is 0.494 e. The Labute approximate surface area is 305 Å². The fraction of sp³-hybridized carbons (Fsp3) is 0.512. The van der Waals surface area contributed by atoms with Crippen molar-refractivity contribution in [3.05, 3.63) is 78.4 Å². The molecule has 0 heterocycles. The summed E-state index contributed by atoms with van der Waals surface area (Å²) >= 11 is 0. The van der Waals surface area contributed by atoms with Gasteiger partial charge in [-0.2, -0.15) is 0 Å². The molecule has 0 saturated carbocycles. The van der Waals surface area contributed by atoms with Gasteiger partial charge >= 0.3 is 17.9 Å². The van der Waals surface area contributed by atoms with Crippen LogP contribution in [0.2, 0.25) is 0 Å². The summed E-state index contributed by atoms with van der Waals surface area (Å²) in [6, 6.07) is 21.5. The molecular formula is C43H58O8. The summed E-state index contributed by atoms with van der Waals surface area (Å²) in [6.45, 7) is 8.42. The van der Waals surface area contributed by atoms with Gasteiger partial charge in [0, 0.05) is 0 Å². The molecule has 0 bridgehead atoms. The number of esters is 3. The van der Waals surface area contributed by atoms with Gasteiger partial charge in [0.2, 0.25) is 0 Å². The topological polar surface area (TPSA) is 97.4 Å². The van der Waals surface area contributed by atoms with E-state index in [1.54, 1.807) is 55.5 Å². The molecule has 3 aromatic carbocycles. The zero-order valence-electron chi connectivity index (χ0n) is 31.2. The Hall–Kier alpha value is -4.33. The first-order valence-corrected chi connectivity index (χ1v) is 19.0. The number of hydrogen-bond acceptors (Lipinski definition) is 8. The second-order valence-electron chi connectivity index (χ2n) is 13.1. The van der Waals surface area contributed by atoms with Crippen LogP contribution in [-0.2, 0) is 19.1 Å². The Bertz CT molecular complexity index is 1420. The lowest BCUT2D eigenvalue weighted by atomic mass is 10.1. The lowest BCUT2D eigenvalue weighted by Gasteiger charge is -2.17. The molecule has 0 N–H and O–H groups in total. The predicted octanol–water partition coefficient (Wildman–Crippen LogP) is 10.7. The molecule has 0 amide bonds. The van der Waals surface area contributed by atoms with Gasteiger partial charge in [-0.15, -0.1) is 0 Å². The molecular weight excluding hydrogens is 644 g/mol. The molecule has 0 aromatic heterocycles. The van der Waals surface area contributed by atoms with Crippen molar-refractivity contribution in [2.75, 3.05) is 13.2 Å².